The summed E-state index contributed by atoms with van der Waals surface area (Å²) in [6.07, 6.45) is 6.61. The van der Waals surface area contributed by atoms with Crippen molar-refractivity contribution < 1.29 is 0 Å². The molecule has 0 unspecified atom stereocenters. The summed E-state index contributed by atoms with van der Waals surface area (Å²) in [5.41, 5.74) is 3.75. The summed E-state index contributed by atoms with van der Waals surface area (Å²) >= 11 is 0.222. The molecule has 2 aliphatic rings. The van der Waals surface area contributed by atoms with Gasteiger partial charge in [0.2, 0.25) is 0 Å². The molecule has 16 heavy (non-hydrogen) atoms. The van der Waals surface area contributed by atoms with Gasteiger partial charge in [-0.3, -0.25) is 0 Å². The first-order valence-corrected chi connectivity index (χ1v) is 8.43. The predicted molar refractivity (Wildman–Crippen MR) is 82.3 cm³/mol. The fourth-order valence-electron chi connectivity index (χ4n) is 2.53. The third kappa shape index (κ3) is 2.49. The smallest absolute Gasteiger partial charge is 0.0112 e. The molecule has 1 heterocycles. The Morgan fingerprint density at radius 1 is 1.25 bits per heavy atom. The fraction of sp³-hybridized carbons (Fsp3) is 0.667. The molecule has 0 aromatic carbocycles. The van der Waals surface area contributed by atoms with Gasteiger partial charge < -0.3 is 0 Å². The molecule has 0 aromatic heterocycles. The molecule has 0 nitrogen and oxygen atoms in total. The van der Waals surface area contributed by atoms with E-state index in [2.05, 4.69) is 40.7 Å². The molecule has 1 aliphatic heterocycles. The van der Waals surface area contributed by atoms with Gasteiger partial charge in [0.15, 0.2) is 0 Å². The summed E-state index contributed by atoms with van der Waals surface area (Å²) in [4.78, 5) is 0. The Morgan fingerprint density at radius 3 is 2.56 bits per heavy atom. The Labute approximate surface area is 110 Å². The highest BCUT2D eigenvalue weighted by atomic mass is 127. The normalized spacial score (nSPS) is 26.7. The molecule has 1 fully saturated rings. The molecular weight excluding hydrogens is 307 g/mol. The van der Waals surface area contributed by atoms with E-state index in [1.807, 2.05) is 3.51 Å². The summed E-state index contributed by atoms with van der Waals surface area (Å²) in [6.45, 7) is 11.8. The van der Waals surface area contributed by atoms with Crippen LogP contribution in [0.2, 0.25) is 0 Å². The highest BCUT2D eigenvalue weighted by Crippen LogP contribution is 2.43. The first kappa shape index (κ1) is 12.5. The summed E-state index contributed by atoms with van der Waals surface area (Å²) in [5.74, 6) is 0.887. The van der Waals surface area contributed by atoms with Crippen molar-refractivity contribution in [3.05, 3.63) is 20.8 Å². The van der Waals surface area contributed by atoms with Gasteiger partial charge in [-0.2, -0.15) is 0 Å². The van der Waals surface area contributed by atoms with Crippen LogP contribution in [0.1, 0.15) is 53.9 Å². The average molecular weight is 330 g/mol. The van der Waals surface area contributed by atoms with Crippen LogP contribution in [0.3, 0.4) is 0 Å². The van der Waals surface area contributed by atoms with Crippen LogP contribution in [0.5, 0.6) is 0 Å². The van der Waals surface area contributed by atoms with Gasteiger partial charge in [-0.1, -0.05) is 47.6 Å². The van der Waals surface area contributed by atoms with Crippen LogP contribution in [0, 0.1) is 11.3 Å². The van der Waals surface area contributed by atoms with E-state index in [1.165, 1.54) is 19.3 Å². The molecule has 0 amide bonds. The number of halogens is 1. The zero-order valence-corrected chi connectivity index (χ0v) is 13.3. The van der Waals surface area contributed by atoms with Crippen LogP contribution in [-0.2, 0) is 0 Å². The minimum Gasteiger partial charge on any atom is -0.0863 e. The topological polar surface area (TPSA) is 0 Å². The maximum atomic E-state index is 2.48. The van der Waals surface area contributed by atoms with Crippen LogP contribution >= 0.6 is 20.7 Å². The molecule has 1 atom stereocenters. The Kier molecular flexibility index (Phi) is 3.44. The SMILES string of the molecule is CC1=C(C)I=C2CC[C@H](C(C)(C)C)CC2=C1. The van der Waals surface area contributed by atoms with E-state index in [9.17, 15) is 0 Å². The Hall–Kier alpha value is 0.0800. The summed E-state index contributed by atoms with van der Waals surface area (Å²) in [6, 6.07) is 0. The van der Waals surface area contributed by atoms with Crippen LogP contribution < -0.4 is 0 Å². The van der Waals surface area contributed by atoms with Crippen LogP contribution in [-0.4, -0.2) is 3.51 Å². The van der Waals surface area contributed by atoms with Gasteiger partial charge in [0.05, 0.1) is 0 Å². The Morgan fingerprint density at radius 2 is 1.94 bits per heavy atom. The maximum absolute atomic E-state index is 2.48. The van der Waals surface area contributed by atoms with Crippen molar-refractivity contribution in [3.8, 4) is 0 Å². The van der Waals surface area contributed by atoms with Gasteiger partial charge in [-0.05, 0) is 62.7 Å². The molecule has 0 spiro atoms. The van der Waals surface area contributed by atoms with Crippen LogP contribution in [0.4, 0.5) is 0 Å². The third-order valence-corrected chi connectivity index (χ3v) is 7.48. The van der Waals surface area contributed by atoms with Crippen LogP contribution in [0.15, 0.2) is 20.8 Å². The Balaban J connectivity index is 2.24. The summed E-state index contributed by atoms with van der Waals surface area (Å²) in [7, 11) is 0. The predicted octanol–water partition coefficient (Wildman–Crippen LogP) is 5.21. The molecule has 0 radical (unpaired) electrons. The number of allylic oxidation sites excluding steroid dienone is 4. The molecule has 1 saturated carbocycles. The molecule has 2 rings (SSSR count). The first-order valence-electron chi connectivity index (χ1n) is 6.27. The molecule has 1 heteroatoms. The maximum Gasteiger partial charge on any atom is -0.0112 e. The fourth-order valence-corrected chi connectivity index (χ4v) is 5.39. The minimum absolute atomic E-state index is 0.222. The lowest BCUT2D eigenvalue weighted by atomic mass is 9.71. The van der Waals surface area contributed by atoms with Gasteiger partial charge in [0.1, 0.15) is 0 Å². The van der Waals surface area contributed by atoms with E-state index in [0.29, 0.717) is 5.41 Å². The average Bonchev–Trinajstić information content (AvgIpc) is 2.17. The van der Waals surface area contributed by atoms with Gasteiger partial charge >= 0.3 is 0 Å². The van der Waals surface area contributed by atoms with Crippen molar-refractivity contribution in [1.29, 1.82) is 0 Å². The van der Waals surface area contributed by atoms with Gasteiger partial charge in [0.25, 0.3) is 0 Å². The van der Waals surface area contributed by atoms with E-state index in [1.54, 1.807) is 14.7 Å². The lowest BCUT2D eigenvalue weighted by Gasteiger charge is -2.36. The highest BCUT2D eigenvalue weighted by Gasteiger charge is 2.30. The summed E-state index contributed by atoms with van der Waals surface area (Å²) < 4.78 is 3.52. The van der Waals surface area contributed by atoms with Crippen molar-refractivity contribution in [1.82, 2.24) is 0 Å². The molecule has 0 aromatic rings. The number of rotatable bonds is 0. The quantitative estimate of drug-likeness (QED) is 0.535. The van der Waals surface area contributed by atoms with E-state index >= 15 is 0 Å². The number of hydrogen-bond acceptors (Lipinski definition) is 0. The molecule has 90 valence electrons. The molecule has 1 aliphatic carbocycles. The van der Waals surface area contributed by atoms with Crippen molar-refractivity contribution in [3.63, 3.8) is 0 Å². The second-order valence-electron chi connectivity index (χ2n) is 6.19. The van der Waals surface area contributed by atoms with E-state index in [4.69, 9.17) is 0 Å². The molecule has 0 N–H and O–H groups in total. The van der Waals surface area contributed by atoms with E-state index in [0.717, 1.165) is 5.92 Å². The standard InChI is InChI=1S/C15H23I/c1-10-8-12-9-13(15(3,4)5)6-7-14(12)16-11(10)2/h8,13H,6-7,9H2,1-5H3/t13-/m0/s1. The van der Waals surface area contributed by atoms with Gasteiger partial charge in [0, 0.05) is 0 Å². The number of fused-ring (bicyclic) bond motifs is 1. The third-order valence-electron chi connectivity index (χ3n) is 3.94. The van der Waals surface area contributed by atoms with Crippen molar-refractivity contribution in [2.45, 2.75) is 53.9 Å². The monoisotopic (exact) mass is 330 g/mol. The van der Waals surface area contributed by atoms with E-state index < -0.39 is 0 Å². The highest BCUT2D eigenvalue weighted by molar-refractivity contribution is 14.2. The largest absolute Gasteiger partial charge is 0.0863 e. The second-order valence-corrected chi connectivity index (χ2v) is 9.65. The lowest BCUT2D eigenvalue weighted by Crippen LogP contribution is -2.27. The van der Waals surface area contributed by atoms with E-state index in [-0.39, 0.29) is 20.7 Å². The molecular formula is C15H23I. The van der Waals surface area contributed by atoms with Crippen molar-refractivity contribution in [2.75, 3.05) is 0 Å². The zero-order chi connectivity index (χ0) is 11.9. The molecule has 0 bridgehead atoms. The Bertz CT molecular complexity index is 388. The number of hydrogen-bond donors (Lipinski definition) is 0. The van der Waals surface area contributed by atoms with Crippen molar-refractivity contribution >= 4 is 24.2 Å². The van der Waals surface area contributed by atoms with Gasteiger partial charge in [-0.25, -0.2) is 0 Å². The van der Waals surface area contributed by atoms with Gasteiger partial charge in [-0.15, -0.1) is 0 Å². The molecule has 0 saturated heterocycles. The lowest BCUT2D eigenvalue weighted by molar-refractivity contribution is 0.223. The second kappa shape index (κ2) is 4.40. The van der Waals surface area contributed by atoms with Crippen molar-refractivity contribution in [2.24, 2.45) is 11.3 Å². The minimum atomic E-state index is 0.222. The zero-order valence-electron chi connectivity index (χ0n) is 11.2. The van der Waals surface area contributed by atoms with Crippen LogP contribution in [0.25, 0.3) is 0 Å². The first-order chi connectivity index (χ1) is 7.38. The summed E-state index contributed by atoms with van der Waals surface area (Å²) in [5, 5.41) is 0.